The van der Waals surface area contributed by atoms with Gasteiger partial charge in [-0.05, 0) is 50.3 Å². The number of fused-ring (bicyclic) bond motifs is 1. The van der Waals surface area contributed by atoms with Crippen LogP contribution in [0.1, 0.15) is 24.2 Å². The van der Waals surface area contributed by atoms with E-state index in [1.807, 2.05) is 62.4 Å². The van der Waals surface area contributed by atoms with Crippen LogP contribution in [0.15, 0.2) is 54.6 Å². The van der Waals surface area contributed by atoms with Gasteiger partial charge in [0.2, 0.25) is 0 Å². The summed E-state index contributed by atoms with van der Waals surface area (Å²) in [6.07, 6.45) is 0. The van der Waals surface area contributed by atoms with Crippen molar-refractivity contribution >= 4 is 34.1 Å². The van der Waals surface area contributed by atoms with Gasteiger partial charge in [-0.15, -0.1) is 0 Å². The molecule has 3 N–H and O–H groups in total. The van der Waals surface area contributed by atoms with E-state index in [1.165, 1.54) is 5.01 Å². The fourth-order valence-corrected chi connectivity index (χ4v) is 3.07. The van der Waals surface area contributed by atoms with E-state index in [2.05, 4.69) is 5.43 Å². The van der Waals surface area contributed by atoms with Gasteiger partial charge in [-0.1, -0.05) is 30.3 Å². The number of hydrogen-bond donors (Lipinski definition) is 2. The van der Waals surface area contributed by atoms with Gasteiger partial charge in [0.05, 0.1) is 23.4 Å². The fourth-order valence-electron chi connectivity index (χ4n) is 2.90. The number of benzene rings is 2. The van der Waals surface area contributed by atoms with Crippen LogP contribution in [0.3, 0.4) is 0 Å². The Bertz CT molecular complexity index is 1020. The second-order valence-electron chi connectivity index (χ2n) is 6.06. The Hall–Kier alpha value is -3.19. The Kier molecular flexibility index (Phi) is 6.06. The predicted molar refractivity (Wildman–Crippen MR) is 115 cm³/mol. The summed E-state index contributed by atoms with van der Waals surface area (Å²) in [5, 5.41) is 2.30. The number of hydrazine groups is 1. The molecule has 1 aromatic heterocycles. The molecule has 0 aliphatic heterocycles. The van der Waals surface area contributed by atoms with Crippen molar-refractivity contribution in [2.24, 2.45) is 5.73 Å². The zero-order valence-corrected chi connectivity index (χ0v) is 16.6. The Morgan fingerprint density at radius 3 is 2.68 bits per heavy atom. The van der Waals surface area contributed by atoms with Crippen molar-refractivity contribution in [3.8, 4) is 17.0 Å². The number of carbonyl (C=O) groups is 1. The lowest BCUT2D eigenvalue weighted by atomic mass is 10.0. The molecular formula is C21H22N4O2S. The number of amides is 1. The number of ether oxygens (including phenoxy) is 1. The summed E-state index contributed by atoms with van der Waals surface area (Å²) >= 11 is 4.98. The summed E-state index contributed by atoms with van der Waals surface area (Å²) in [5.74, 6) is 0.460. The van der Waals surface area contributed by atoms with Crippen molar-refractivity contribution in [2.45, 2.75) is 13.8 Å². The van der Waals surface area contributed by atoms with E-state index in [4.69, 9.17) is 27.7 Å². The molecule has 3 aromatic rings. The van der Waals surface area contributed by atoms with Gasteiger partial charge in [-0.3, -0.25) is 15.2 Å². The van der Waals surface area contributed by atoms with Crippen molar-refractivity contribution in [3.05, 3.63) is 60.2 Å². The highest BCUT2D eigenvalue weighted by atomic mass is 32.1. The average molecular weight is 395 g/mol. The maximum Gasteiger partial charge on any atom is 0.270 e. The normalized spacial score (nSPS) is 10.5. The summed E-state index contributed by atoms with van der Waals surface area (Å²) in [6, 6.07) is 16.9. The highest BCUT2D eigenvalue weighted by molar-refractivity contribution is 7.80. The molecule has 0 atom stereocenters. The van der Waals surface area contributed by atoms with Crippen molar-refractivity contribution < 1.29 is 9.53 Å². The first-order chi connectivity index (χ1) is 13.5. The summed E-state index contributed by atoms with van der Waals surface area (Å²) < 4.78 is 5.58. The number of aromatic nitrogens is 1. The standard InChI is InChI=1S/C21H22N4O2S/c1-3-25(21(22)28)24-20(26)17-13-19(23-18-11-6-5-10-16(17)18)14-8-7-9-15(12-14)27-4-2/h5-13H,3-4H2,1-2H3,(H2,22,28)(H,24,26). The van der Waals surface area contributed by atoms with Crippen molar-refractivity contribution in [3.63, 3.8) is 0 Å². The molecule has 2 aromatic carbocycles. The van der Waals surface area contributed by atoms with Crippen LogP contribution in [0.4, 0.5) is 0 Å². The Balaban J connectivity index is 2.08. The minimum absolute atomic E-state index is 0.110. The van der Waals surface area contributed by atoms with Crippen molar-refractivity contribution in [1.82, 2.24) is 15.4 Å². The van der Waals surface area contributed by atoms with E-state index in [0.717, 1.165) is 22.2 Å². The molecular weight excluding hydrogens is 372 g/mol. The number of nitrogens with zero attached hydrogens (tertiary/aromatic N) is 2. The summed E-state index contributed by atoms with van der Waals surface area (Å²) in [6.45, 7) is 4.83. The maximum absolute atomic E-state index is 13.0. The number of nitrogens with one attached hydrogen (secondary N) is 1. The quantitative estimate of drug-likeness (QED) is 0.509. The van der Waals surface area contributed by atoms with E-state index in [0.29, 0.717) is 24.4 Å². The zero-order chi connectivity index (χ0) is 20.1. The second kappa shape index (κ2) is 8.67. The number of para-hydroxylation sites is 1. The molecule has 144 valence electrons. The van der Waals surface area contributed by atoms with Crippen LogP contribution in [-0.2, 0) is 0 Å². The molecule has 0 spiro atoms. The van der Waals surface area contributed by atoms with Gasteiger partial charge in [0, 0.05) is 17.5 Å². The Morgan fingerprint density at radius 1 is 1.18 bits per heavy atom. The van der Waals surface area contributed by atoms with Crippen molar-refractivity contribution in [2.75, 3.05) is 13.2 Å². The van der Waals surface area contributed by atoms with Crippen molar-refractivity contribution in [1.29, 1.82) is 0 Å². The topological polar surface area (TPSA) is 80.5 Å². The van der Waals surface area contributed by atoms with Crippen LogP contribution in [0.5, 0.6) is 5.75 Å². The van der Waals surface area contributed by atoms with E-state index in [9.17, 15) is 4.79 Å². The van der Waals surface area contributed by atoms with Crippen LogP contribution in [0.25, 0.3) is 22.2 Å². The SMILES string of the molecule is CCOc1cccc(-c2cc(C(=O)NN(CC)C(N)=S)c3ccccc3n2)c1. The number of thiocarbonyl (C=S) groups is 1. The molecule has 0 bridgehead atoms. The molecule has 0 aliphatic carbocycles. The van der Waals surface area contributed by atoms with E-state index in [1.54, 1.807) is 6.07 Å². The van der Waals surface area contributed by atoms with Crippen LogP contribution < -0.4 is 15.9 Å². The van der Waals surface area contributed by atoms with E-state index in [-0.39, 0.29) is 11.0 Å². The smallest absolute Gasteiger partial charge is 0.270 e. The van der Waals surface area contributed by atoms with E-state index < -0.39 is 0 Å². The fraction of sp³-hybridized carbons (Fsp3) is 0.190. The lowest BCUT2D eigenvalue weighted by Crippen LogP contribution is -2.48. The predicted octanol–water partition coefficient (Wildman–Crippen LogP) is 3.51. The molecule has 0 saturated heterocycles. The van der Waals surface area contributed by atoms with Gasteiger partial charge in [-0.2, -0.15) is 0 Å². The largest absolute Gasteiger partial charge is 0.494 e. The first-order valence-electron chi connectivity index (χ1n) is 9.04. The summed E-state index contributed by atoms with van der Waals surface area (Å²) in [5.41, 5.74) is 11.2. The summed E-state index contributed by atoms with van der Waals surface area (Å²) in [7, 11) is 0. The lowest BCUT2D eigenvalue weighted by Gasteiger charge is -2.22. The number of hydrogen-bond acceptors (Lipinski definition) is 4. The number of carbonyl (C=O) groups excluding carboxylic acids is 1. The molecule has 28 heavy (non-hydrogen) atoms. The first kappa shape index (κ1) is 19.6. The second-order valence-corrected chi connectivity index (χ2v) is 6.47. The molecule has 0 radical (unpaired) electrons. The number of rotatable bonds is 5. The zero-order valence-electron chi connectivity index (χ0n) is 15.8. The van der Waals surface area contributed by atoms with Crippen LogP contribution in [0, 0.1) is 0 Å². The highest BCUT2D eigenvalue weighted by Gasteiger charge is 2.16. The third-order valence-corrected chi connectivity index (χ3v) is 4.44. The third-order valence-electron chi connectivity index (χ3n) is 4.22. The Morgan fingerprint density at radius 2 is 1.96 bits per heavy atom. The lowest BCUT2D eigenvalue weighted by molar-refractivity contribution is 0.0876. The molecule has 1 amide bonds. The summed E-state index contributed by atoms with van der Waals surface area (Å²) in [4.78, 5) is 17.7. The molecule has 0 fully saturated rings. The van der Waals surface area contributed by atoms with E-state index >= 15 is 0 Å². The molecule has 0 unspecified atom stereocenters. The maximum atomic E-state index is 13.0. The van der Waals surface area contributed by atoms with Crippen LogP contribution in [-0.4, -0.2) is 34.2 Å². The third kappa shape index (κ3) is 4.20. The van der Waals surface area contributed by atoms with Gasteiger partial charge >= 0.3 is 0 Å². The molecule has 3 rings (SSSR count). The number of pyridine rings is 1. The van der Waals surface area contributed by atoms with Crippen LogP contribution in [0.2, 0.25) is 0 Å². The molecule has 1 heterocycles. The minimum Gasteiger partial charge on any atom is -0.494 e. The highest BCUT2D eigenvalue weighted by Crippen LogP contribution is 2.27. The van der Waals surface area contributed by atoms with Gasteiger partial charge in [0.15, 0.2) is 5.11 Å². The monoisotopic (exact) mass is 394 g/mol. The number of nitrogens with two attached hydrogens (primary N) is 1. The molecule has 7 heteroatoms. The van der Waals surface area contributed by atoms with Gasteiger partial charge in [0.1, 0.15) is 5.75 Å². The molecule has 0 aliphatic rings. The first-order valence-corrected chi connectivity index (χ1v) is 9.45. The van der Waals surface area contributed by atoms with Gasteiger partial charge in [-0.25, -0.2) is 4.98 Å². The minimum atomic E-state index is -0.296. The average Bonchev–Trinajstić information content (AvgIpc) is 2.71. The molecule has 6 nitrogen and oxygen atoms in total. The molecule has 0 saturated carbocycles. The Labute approximate surface area is 169 Å². The van der Waals surface area contributed by atoms with Gasteiger partial charge < -0.3 is 10.5 Å². The van der Waals surface area contributed by atoms with Gasteiger partial charge in [0.25, 0.3) is 5.91 Å². The van der Waals surface area contributed by atoms with Crippen LogP contribution >= 0.6 is 12.2 Å².